The number of carbonyl (C=O) groups excluding carboxylic acids is 2. The van der Waals surface area contributed by atoms with Gasteiger partial charge in [0.2, 0.25) is 0 Å². The van der Waals surface area contributed by atoms with Crippen LogP contribution in [0.15, 0.2) is 11.6 Å². The van der Waals surface area contributed by atoms with Gasteiger partial charge in [-0.15, -0.1) is 0 Å². The summed E-state index contributed by atoms with van der Waals surface area (Å²) in [5.74, 6) is 0.252. The third-order valence-electron chi connectivity index (χ3n) is 3.35. The predicted octanol–water partition coefficient (Wildman–Crippen LogP) is 1.50. The van der Waals surface area contributed by atoms with Gasteiger partial charge in [0.15, 0.2) is 11.6 Å². The summed E-state index contributed by atoms with van der Waals surface area (Å²) in [6.07, 6.45) is 3.27. The quantitative estimate of drug-likeness (QED) is 0.401. The molecule has 2 bridgehead atoms. The fraction of sp³-hybridized carbons (Fsp3) is 0.600. The largest absolute Gasteiger partial charge is 0.298 e. The van der Waals surface area contributed by atoms with Crippen LogP contribution >= 0.6 is 0 Å². The van der Waals surface area contributed by atoms with Gasteiger partial charge in [0.25, 0.3) is 0 Å². The van der Waals surface area contributed by atoms with Crippen molar-refractivity contribution >= 4 is 11.6 Å². The molecular weight excluding hydrogens is 152 g/mol. The van der Waals surface area contributed by atoms with E-state index in [1.165, 1.54) is 0 Å². The molecule has 12 heavy (non-hydrogen) atoms. The van der Waals surface area contributed by atoms with E-state index in [1.807, 2.05) is 13.0 Å². The van der Waals surface area contributed by atoms with Crippen molar-refractivity contribution in [2.24, 2.45) is 11.3 Å². The van der Waals surface area contributed by atoms with Crippen LogP contribution in [0.2, 0.25) is 0 Å². The van der Waals surface area contributed by atoms with Crippen molar-refractivity contribution < 1.29 is 9.59 Å². The van der Waals surface area contributed by atoms with Gasteiger partial charge < -0.3 is 0 Å². The third-order valence-corrected chi connectivity index (χ3v) is 3.35. The Morgan fingerprint density at radius 1 is 1.50 bits per heavy atom. The maximum absolute atomic E-state index is 11.7. The van der Waals surface area contributed by atoms with Gasteiger partial charge in [0.1, 0.15) is 5.41 Å². The van der Waals surface area contributed by atoms with Crippen LogP contribution in [0.4, 0.5) is 0 Å². The monoisotopic (exact) mass is 164 g/mol. The lowest BCUT2D eigenvalue weighted by atomic mass is 9.75. The summed E-state index contributed by atoms with van der Waals surface area (Å²) in [7, 11) is 0. The molecule has 64 valence electrons. The summed E-state index contributed by atoms with van der Waals surface area (Å²) < 4.78 is 0. The number of hydrogen-bond donors (Lipinski definition) is 0. The number of rotatable bonds is 0. The van der Waals surface area contributed by atoms with Gasteiger partial charge in [-0.25, -0.2) is 0 Å². The molecule has 2 nitrogen and oxygen atoms in total. The maximum Gasteiger partial charge on any atom is 0.154 e. The van der Waals surface area contributed by atoms with Crippen LogP contribution in [-0.4, -0.2) is 11.6 Å². The van der Waals surface area contributed by atoms with Gasteiger partial charge >= 0.3 is 0 Å². The van der Waals surface area contributed by atoms with Crippen LogP contribution in [0, 0.1) is 11.3 Å². The van der Waals surface area contributed by atoms with Crippen molar-refractivity contribution in [1.82, 2.24) is 0 Å². The Kier molecular flexibility index (Phi) is 1.33. The van der Waals surface area contributed by atoms with Crippen LogP contribution in [0.5, 0.6) is 0 Å². The second-order valence-corrected chi connectivity index (χ2v) is 3.94. The summed E-state index contributed by atoms with van der Waals surface area (Å²) in [6, 6.07) is 0. The van der Waals surface area contributed by atoms with Crippen LogP contribution in [-0.2, 0) is 9.59 Å². The summed E-state index contributed by atoms with van der Waals surface area (Å²) >= 11 is 0. The SMILES string of the molecule is CC1=CCC2CC(=O)C1(C)C2=O. The summed E-state index contributed by atoms with van der Waals surface area (Å²) in [6.45, 7) is 3.65. The minimum absolute atomic E-state index is 0.00815. The van der Waals surface area contributed by atoms with Crippen molar-refractivity contribution in [1.29, 1.82) is 0 Å². The van der Waals surface area contributed by atoms with E-state index in [1.54, 1.807) is 6.92 Å². The van der Waals surface area contributed by atoms with E-state index < -0.39 is 5.41 Å². The van der Waals surface area contributed by atoms with Crippen molar-refractivity contribution in [2.75, 3.05) is 0 Å². The zero-order valence-electron chi connectivity index (χ0n) is 7.39. The number of hydrogen-bond acceptors (Lipinski definition) is 2. The summed E-state index contributed by atoms with van der Waals surface area (Å²) in [5.41, 5.74) is 0.203. The Bertz CT molecular complexity index is 301. The van der Waals surface area contributed by atoms with E-state index >= 15 is 0 Å². The van der Waals surface area contributed by atoms with Gasteiger partial charge in [0.05, 0.1) is 0 Å². The fourth-order valence-corrected chi connectivity index (χ4v) is 2.19. The van der Waals surface area contributed by atoms with E-state index in [2.05, 4.69) is 0 Å². The Balaban J connectivity index is 2.58. The highest BCUT2D eigenvalue weighted by Gasteiger charge is 2.53. The van der Waals surface area contributed by atoms with Crippen LogP contribution < -0.4 is 0 Å². The van der Waals surface area contributed by atoms with Crippen LogP contribution in [0.1, 0.15) is 26.7 Å². The Morgan fingerprint density at radius 3 is 2.75 bits per heavy atom. The third kappa shape index (κ3) is 0.655. The number of Topliss-reactive ketones (excluding diaryl/α,β-unsaturated/α-hetero) is 2. The molecule has 2 unspecified atom stereocenters. The van der Waals surface area contributed by atoms with Gasteiger partial charge in [-0.2, -0.15) is 0 Å². The first-order valence-corrected chi connectivity index (χ1v) is 4.31. The molecule has 2 aliphatic rings. The first kappa shape index (κ1) is 7.71. The normalized spacial score (nSPS) is 40.2. The first-order chi connectivity index (χ1) is 5.56. The summed E-state index contributed by atoms with van der Waals surface area (Å²) in [4.78, 5) is 23.2. The Morgan fingerprint density at radius 2 is 2.17 bits per heavy atom. The smallest absolute Gasteiger partial charge is 0.154 e. The van der Waals surface area contributed by atoms with Crippen LogP contribution in [0.3, 0.4) is 0 Å². The molecule has 0 aliphatic heterocycles. The molecule has 0 heterocycles. The average molecular weight is 164 g/mol. The lowest BCUT2D eigenvalue weighted by Crippen LogP contribution is -2.34. The van der Waals surface area contributed by atoms with Gasteiger partial charge in [-0.1, -0.05) is 11.6 Å². The summed E-state index contributed by atoms with van der Waals surface area (Å²) in [5, 5.41) is 0. The second-order valence-electron chi connectivity index (χ2n) is 3.94. The molecule has 2 heteroatoms. The van der Waals surface area contributed by atoms with Gasteiger partial charge in [0, 0.05) is 12.3 Å². The number of fused-ring (bicyclic) bond motifs is 2. The molecule has 2 aliphatic carbocycles. The van der Waals surface area contributed by atoms with Gasteiger partial charge in [-0.3, -0.25) is 9.59 Å². The van der Waals surface area contributed by atoms with Gasteiger partial charge in [-0.05, 0) is 20.3 Å². The minimum Gasteiger partial charge on any atom is -0.298 e. The zero-order valence-corrected chi connectivity index (χ0v) is 7.39. The van der Waals surface area contributed by atoms with Crippen LogP contribution in [0.25, 0.3) is 0 Å². The zero-order chi connectivity index (χ0) is 8.93. The number of allylic oxidation sites excluding steroid dienone is 2. The number of carbonyl (C=O) groups is 2. The Hall–Kier alpha value is -0.920. The van der Waals surface area contributed by atoms with Crippen molar-refractivity contribution in [3.63, 3.8) is 0 Å². The van der Waals surface area contributed by atoms with E-state index in [9.17, 15) is 9.59 Å². The molecular formula is C10H12O2. The van der Waals surface area contributed by atoms with Crippen molar-refractivity contribution in [2.45, 2.75) is 26.7 Å². The van der Waals surface area contributed by atoms with E-state index in [0.717, 1.165) is 12.0 Å². The standard InChI is InChI=1S/C10H12O2/c1-6-3-4-7-5-8(11)10(6,2)9(7)12/h3,7H,4-5H2,1-2H3. The van der Waals surface area contributed by atoms with E-state index in [0.29, 0.717) is 6.42 Å². The molecule has 0 radical (unpaired) electrons. The predicted molar refractivity (Wildman–Crippen MR) is 44.6 cm³/mol. The minimum atomic E-state index is -0.747. The fourth-order valence-electron chi connectivity index (χ4n) is 2.19. The lowest BCUT2D eigenvalue weighted by molar-refractivity contribution is -0.132. The molecule has 1 fully saturated rings. The van der Waals surface area contributed by atoms with E-state index in [-0.39, 0.29) is 17.5 Å². The maximum atomic E-state index is 11.7. The molecule has 0 spiro atoms. The molecule has 0 aromatic carbocycles. The average Bonchev–Trinajstić information content (AvgIpc) is 2.17. The second kappa shape index (κ2) is 2.06. The molecule has 1 saturated carbocycles. The molecule has 0 amide bonds. The molecule has 0 saturated heterocycles. The lowest BCUT2D eigenvalue weighted by Gasteiger charge is -2.25. The molecule has 0 aromatic rings. The van der Waals surface area contributed by atoms with Crippen molar-refractivity contribution in [3.05, 3.63) is 11.6 Å². The molecule has 2 rings (SSSR count). The highest BCUT2D eigenvalue weighted by atomic mass is 16.2. The Labute approximate surface area is 71.6 Å². The van der Waals surface area contributed by atoms with E-state index in [4.69, 9.17) is 0 Å². The first-order valence-electron chi connectivity index (χ1n) is 4.31. The molecule has 0 aromatic heterocycles. The molecule has 0 N–H and O–H groups in total. The topological polar surface area (TPSA) is 34.1 Å². The highest BCUT2D eigenvalue weighted by molar-refractivity contribution is 6.17. The van der Waals surface area contributed by atoms with Crippen molar-refractivity contribution in [3.8, 4) is 0 Å². The molecule has 2 atom stereocenters. The number of ketones is 2. The highest BCUT2D eigenvalue weighted by Crippen LogP contribution is 2.45.